The lowest BCUT2D eigenvalue weighted by atomic mass is 9.93. The standard InChI is InChI=1S/C16H23BrF2Si/c1-2-3-4-7-20-8-5-12(6-9-20)13-10-14(18)16(17)15(19)11-13/h10-12,20H,2-9H2,1H3. The number of hydrogen-bond acceptors (Lipinski definition) is 0. The van der Waals surface area contributed by atoms with Gasteiger partial charge in [-0.1, -0.05) is 44.3 Å². The number of hydrogen-bond donors (Lipinski definition) is 0. The van der Waals surface area contributed by atoms with E-state index >= 15 is 0 Å². The van der Waals surface area contributed by atoms with E-state index in [4.69, 9.17) is 0 Å². The van der Waals surface area contributed by atoms with Gasteiger partial charge in [0, 0.05) is 8.80 Å². The molecule has 1 saturated heterocycles. The van der Waals surface area contributed by atoms with Gasteiger partial charge >= 0.3 is 0 Å². The molecule has 1 heterocycles. The third kappa shape index (κ3) is 4.14. The molecule has 0 aliphatic carbocycles. The molecule has 20 heavy (non-hydrogen) atoms. The smallest absolute Gasteiger partial charge is 0.140 e. The first-order valence-electron chi connectivity index (χ1n) is 7.76. The van der Waals surface area contributed by atoms with Gasteiger partial charge in [-0.3, -0.25) is 0 Å². The van der Waals surface area contributed by atoms with E-state index in [1.54, 1.807) is 0 Å². The van der Waals surface area contributed by atoms with Crippen molar-refractivity contribution < 1.29 is 8.78 Å². The van der Waals surface area contributed by atoms with Crippen LogP contribution < -0.4 is 0 Å². The maximum absolute atomic E-state index is 13.6. The number of halogens is 3. The zero-order valence-corrected chi connectivity index (χ0v) is 14.8. The van der Waals surface area contributed by atoms with Crippen molar-refractivity contribution in [3.05, 3.63) is 33.8 Å². The molecule has 0 atom stereocenters. The molecule has 0 spiro atoms. The molecule has 0 amide bonds. The van der Waals surface area contributed by atoms with Gasteiger partial charge in [-0.25, -0.2) is 8.78 Å². The van der Waals surface area contributed by atoms with Crippen LogP contribution >= 0.6 is 15.9 Å². The monoisotopic (exact) mass is 360 g/mol. The first kappa shape index (κ1) is 16.2. The second-order valence-electron chi connectivity index (χ2n) is 6.01. The Hall–Kier alpha value is -0.223. The SMILES string of the molecule is CCCCC[SiH]1CCC(c2cc(F)c(Br)c(F)c2)CC1. The Kier molecular flexibility index (Phi) is 6.21. The summed E-state index contributed by atoms with van der Waals surface area (Å²) in [5.74, 6) is -0.577. The molecule has 1 aromatic rings. The molecule has 0 bridgehead atoms. The van der Waals surface area contributed by atoms with Gasteiger partial charge in [0.15, 0.2) is 0 Å². The van der Waals surface area contributed by atoms with E-state index in [9.17, 15) is 8.78 Å². The fraction of sp³-hybridized carbons (Fsp3) is 0.625. The summed E-state index contributed by atoms with van der Waals surface area (Å²) in [5, 5.41) is 0. The highest BCUT2D eigenvalue weighted by Gasteiger charge is 2.24. The van der Waals surface area contributed by atoms with Crippen molar-refractivity contribution in [2.24, 2.45) is 0 Å². The van der Waals surface area contributed by atoms with Crippen LogP contribution in [0.25, 0.3) is 0 Å². The second-order valence-corrected chi connectivity index (χ2v) is 10.3. The Balaban J connectivity index is 1.90. The van der Waals surface area contributed by atoms with E-state index in [-0.39, 0.29) is 4.47 Å². The van der Waals surface area contributed by atoms with Gasteiger partial charge < -0.3 is 0 Å². The highest BCUT2D eigenvalue weighted by atomic mass is 79.9. The zero-order chi connectivity index (χ0) is 14.5. The van der Waals surface area contributed by atoms with Gasteiger partial charge in [0.1, 0.15) is 11.6 Å². The summed E-state index contributed by atoms with van der Waals surface area (Å²) in [6, 6.07) is 7.17. The molecule has 0 nitrogen and oxygen atoms in total. The molecule has 0 aromatic heterocycles. The topological polar surface area (TPSA) is 0 Å². The summed E-state index contributed by atoms with van der Waals surface area (Å²) in [6.45, 7) is 2.25. The molecule has 1 aliphatic heterocycles. The molecule has 0 radical (unpaired) electrons. The number of rotatable bonds is 5. The summed E-state index contributed by atoms with van der Waals surface area (Å²) >= 11 is 2.94. The minimum atomic E-state index is -0.551. The zero-order valence-electron chi connectivity index (χ0n) is 12.1. The fourth-order valence-corrected chi connectivity index (χ4v) is 6.99. The summed E-state index contributed by atoms with van der Waals surface area (Å²) < 4.78 is 27.2. The van der Waals surface area contributed by atoms with Crippen molar-refractivity contribution >= 4 is 24.7 Å². The Morgan fingerprint density at radius 1 is 1.15 bits per heavy atom. The first-order chi connectivity index (χ1) is 9.61. The van der Waals surface area contributed by atoms with Crippen molar-refractivity contribution in [1.82, 2.24) is 0 Å². The van der Waals surface area contributed by atoms with Gasteiger partial charge in [-0.15, -0.1) is 0 Å². The van der Waals surface area contributed by atoms with E-state index < -0.39 is 20.4 Å². The average molecular weight is 361 g/mol. The van der Waals surface area contributed by atoms with Crippen LogP contribution in [0.15, 0.2) is 16.6 Å². The lowest BCUT2D eigenvalue weighted by molar-refractivity contribution is 0.549. The van der Waals surface area contributed by atoms with E-state index in [2.05, 4.69) is 22.9 Å². The minimum absolute atomic E-state index is 0.0381. The van der Waals surface area contributed by atoms with Crippen LogP contribution in [0.1, 0.15) is 50.5 Å². The van der Waals surface area contributed by atoms with Gasteiger partial charge in [-0.2, -0.15) is 0 Å². The van der Waals surface area contributed by atoms with Crippen molar-refractivity contribution in [1.29, 1.82) is 0 Å². The number of unbranched alkanes of at least 4 members (excludes halogenated alkanes) is 2. The normalized spacial score (nSPS) is 23.0. The Bertz CT molecular complexity index is 419. The maximum atomic E-state index is 13.6. The average Bonchev–Trinajstić information content (AvgIpc) is 2.45. The van der Waals surface area contributed by atoms with Gasteiger partial charge in [0.05, 0.1) is 4.47 Å². The highest BCUT2D eigenvalue weighted by Crippen LogP contribution is 2.36. The van der Waals surface area contributed by atoms with Crippen LogP contribution in [0.5, 0.6) is 0 Å². The number of benzene rings is 1. The van der Waals surface area contributed by atoms with E-state index in [0.29, 0.717) is 5.92 Å². The largest absolute Gasteiger partial charge is 0.206 e. The van der Waals surface area contributed by atoms with Crippen molar-refractivity contribution in [3.8, 4) is 0 Å². The molecule has 1 aromatic carbocycles. The third-order valence-corrected chi connectivity index (χ3v) is 8.82. The quantitative estimate of drug-likeness (QED) is 0.342. The molecule has 4 heteroatoms. The van der Waals surface area contributed by atoms with Crippen LogP contribution in [0.3, 0.4) is 0 Å². The van der Waals surface area contributed by atoms with Crippen LogP contribution in [-0.2, 0) is 0 Å². The summed E-state index contributed by atoms with van der Waals surface area (Å²) in [7, 11) is -0.551. The Morgan fingerprint density at radius 3 is 2.30 bits per heavy atom. The predicted octanol–water partition coefficient (Wildman–Crippen LogP) is 6.02. The summed E-state index contributed by atoms with van der Waals surface area (Å²) in [5.41, 5.74) is 0.851. The van der Waals surface area contributed by atoms with Crippen LogP contribution in [0.2, 0.25) is 18.1 Å². The molecule has 112 valence electrons. The Labute approximate surface area is 130 Å². The highest BCUT2D eigenvalue weighted by molar-refractivity contribution is 9.10. The third-order valence-electron chi connectivity index (χ3n) is 4.54. The lowest BCUT2D eigenvalue weighted by Crippen LogP contribution is -2.20. The fourth-order valence-electron chi connectivity index (χ4n) is 3.28. The van der Waals surface area contributed by atoms with Crippen molar-refractivity contribution in [2.75, 3.05) is 0 Å². The summed E-state index contributed by atoms with van der Waals surface area (Å²) in [6.07, 6.45) is 6.30. The molecule has 1 aliphatic rings. The molecular weight excluding hydrogens is 338 g/mol. The van der Waals surface area contributed by atoms with Crippen LogP contribution in [0.4, 0.5) is 8.78 Å². The van der Waals surface area contributed by atoms with E-state index in [1.165, 1.54) is 49.5 Å². The molecular formula is C16H23BrF2Si. The molecule has 0 N–H and O–H groups in total. The van der Waals surface area contributed by atoms with Gasteiger partial charge in [0.25, 0.3) is 0 Å². The van der Waals surface area contributed by atoms with Gasteiger partial charge in [0.2, 0.25) is 0 Å². The molecule has 2 rings (SSSR count). The minimum Gasteiger partial charge on any atom is -0.206 e. The molecule has 0 unspecified atom stereocenters. The van der Waals surface area contributed by atoms with Crippen LogP contribution in [-0.4, -0.2) is 8.80 Å². The van der Waals surface area contributed by atoms with Crippen molar-refractivity contribution in [3.63, 3.8) is 0 Å². The maximum Gasteiger partial charge on any atom is 0.140 e. The predicted molar refractivity (Wildman–Crippen MR) is 87.1 cm³/mol. The van der Waals surface area contributed by atoms with Crippen molar-refractivity contribution in [2.45, 2.75) is 63.1 Å². The van der Waals surface area contributed by atoms with E-state index in [1.807, 2.05) is 0 Å². The van der Waals surface area contributed by atoms with Crippen LogP contribution in [0, 0.1) is 11.6 Å². The molecule has 0 saturated carbocycles. The lowest BCUT2D eigenvalue weighted by Gasteiger charge is -2.28. The van der Waals surface area contributed by atoms with E-state index in [0.717, 1.165) is 18.4 Å². The molecule has 1 fully saturated rings. The van der Waals surface area contributed by atoms with Gasteiger partial charge in [-0.05, 0) is 52.4 Å². The second kappa shape index (κ2) is 7.69. The first-order valence-corrected chi connectivity index (χ1v) is 11.0. The summed E-state index contributed by atoms with van der Waals surface area (Å²) in [4.78, 5) is 0. The Morgan fingerprint density at radius 2 is 1.75 bits per heavy atom.